The van der Waals surface area contributed by atoms with Gasteiger partial charge in [-0.2, -0.15) is 5.26 Å². The number of nitrogens with one attached hydrogen (secondary N) is 1. The number of carbonyl (C=O) groups excluding carboxylic acids is 1. The Morgan fingerprint density at radius 1 is 1.65 bits per heavy atom. The van der Waals surface area contributed by atoms with Crippen molar-refractivity contribution in [1.29, 1.82) is 5.26 Å². The monoisotopic (exact) mass is 252 g/mol. The highest BCUT2D eigenvalue weighted by Gasteiger charge is 2.13. The molecule has 0 heterocycles. The van der Waals surface area contributed by atoms with Crippen LogP contribution in [0.3, 0.4) is 0 Å². The quantitative estimate of drug-likeness (QED) is 0.893. The zero-order valence-corrected chi connectivity index (χ0v) is 10.4. The number of hydrogen-bond donors (Lipinski definition) is 1. The van der Waals surface area contributed by atoms with Gasteiger partial charge in [-0.25, -0.2) is 0 Å². The van der Waals surface area contributed by atoms with Crippen molar-refractivity contribution in [3.05, 3.63) is 28.8 Å². The summed E-state index contributed by atoms with van der Waals surface area (Å²) in [5, 5.41) is 11.7. The van der Waals surface area contributed by atoms with Crippen LogP contribution >= 0.6 is 11.6 Å². The lowest BCUT2D eigenvalue weighted by molar-refractivity contribution is -0.127. The number of likely N-dealkylation sites (N-methyl/N-ethyl adjacent to an activating group) is 1. The predicted octanol–water partition coefficient (Wildman–Crippen LogP) is 2.12. The Morgan fingerprint density at radius 2 is 2.35 bits per heavy atom. The third kappa shape index (κ3) is 3.65. The van der Waals surface area contributed by atoms with Crippen LogP contribution in [0.2, 0.25) is 5.02 Å². The summed E-state index contributed by atoms with van der Waals surface area (Å²) in [5.41, 5.74) is 0.379. The maximum Gasteiger partial charge on any atom is 0.260 e. The predicted molar refractivity (Wildman–Crippen MR) is 64.9 cm³/mol. The largest absolute Gasteiger partial charge is 0.481 e. The lowest BCUT2D eigenvalue weighted by Crippen LogP contribution is -2.36. The molecule has 5 heteroatoms. The van der Waals surface area contributed by atoms with Crippen LogP contribution in [-0.2, 0) is 4.79 Å². The van der Waals surface area contributed by atoms with Crippen LogP contribution < -0.4 is 10.1 Å². The van der Waals surface area contributed by atoms with Crippen LogP contribution in [0.15, 0.2) is 18.2 Å². The zero-order valence-electron chi connectivity index (χ0n) is 9.66. The maximum absolute atomic E-state index is 11.4. The number of rotatable bonds is 4. The Morgan fingerprint density at radius 3 is 2.88 bits per heavy atom. The van der Waals surface area contributed by atoms with Gasteiger partial charge in [0.2, 0.25) is 0 Å². The molecule has 4 nitrogen and oxygen atoms in total. The number of benzene rings is 1. The number of nitriles is 1. The molecular weight excluding hydrogens is 240 g/mol. The standard InChI is InChI=1S/C12H13ClN2O2/c1-3-15-12(16)8(2)17-10-5-4-9(7-14)11(13)6-10/h4-6,8H,3H2,1-2H3,(H,15,16). The highest BCUT2D eigenvalue weighted by molar-refractivity contribution is 6.31. The molecule has 1 unspecified atom stereocenters. The number of nitrogens with zero attached hydrogens (tertiary/aromatic N) is 1. The van der Waals surface area contributed by atoms with Gasteiger partial charge in [0, 0.05) is 12.6 Å². The van der Waals surface area contributed by atoms with Gasteiger partial charge < -0.3 is 10.1 Å². The van der Waals surface area contributed by atoms with Gasteiger partial charge in [0.25, 0.3) is 5.91 Å². The van der Waals surface area contributed by atoms with Crippen molar-refractivity contribution in [3.8, 4) is 11.8 Å². The van der Waals surface area contributed by atoms with Gasteiger partial charge in [0.05, 0.1) is 10.6 Å². The Hall–Kier alpha value is -1.73. The molecule has 0 spiro atoms. The zero-order chi connectivity index (χ0) is 12.8. The molecule has 1 aromatic rings. The fraction of sp³-hybridized carbons (Fsp3) is 0.333. The van der Waals surface area contributed by atoms with Crippen LogP contribution in [0, 0.1) is 11.3 Å². The first-order chi connectivity index (χ1) is 8.08. The van der Waals surface area contributed by atoms with Crippen molar-refractivity contribution in [2.75, 3.05) is 6.54 Å². The van der Waals surface area contributed by atoms with E-state index in [4.69, 9.17) is 21.6 Å². The first-order valence-electron chi connectivity index (χ1n) is 5.22. The SMILES string of the molecule is CCNC(=O)C(C)Oc1ccc(C#N)c(Cl)c1. The minimum absolute atomic E-state index is 0.187. The molecule has 0 aliphatic rings. The molecule has 0 saturated carbocycles. The Labute approximate surface area is 105 Å². The van der Waals surface area contributed by atoms with Gasteiger partial charge in [0.15, 0.2) is 6.10 Å². The van der Waals surface area contributed by atoms with Gasteiger partial charge in [-0.15, -0.1) is 0 Å². The van der Waals surface area contributed by atoms with Gasteiger partial charge in [0.1, 0.15) is 11.8 Å². The summed E-state index contributed by atoms with van der Waals surface area (Å²) in [6.07, 6.45) is -0.598. The second-order valence-electron chi connectivity index (χ2n) is 3.41. The summed E-state index contributed by atoms with van der Waals surface area (Å²) in [6.45, 7) is 4.04. The molecule has 0 aliphatic heterocycles. The van der Waals surface area contributed by atoms with Crippen LogP contribution in [0.4, 0.5) is 0 Å². The lowest BCUT2D eigenvalue weighted by atomic mass is 10.2. The topological polar surface area (TPSA) is 62.1 Å². The van der Waals surface area contributed by atoms with Gasteiger partial charge >= 0.3 is 0 Å². The number of amides is 1. The second-order valence-corrected chi connectivity index (χ2v) is 3.82. The fourth-order valence-corrected chi connectivity index (χ4v) is 1.45. The van der Waals surface area contributed by atoms with E-state index in [9.17, 15) is 4.79 Å². The van der Waals surface area contributed by atoms with E-state index in [1.165, 1.54) is 6.07 Å². The smallest absolute Gasteiger partial charge is 0.260 e. The molecule has 0 saturated heterocycles. The van der Waals surface area contributed by atoms with Crippen molar-refractivity contribution in [2.45, 2.75) is 20.0 Å². The van der Waals surface area contributed by atoms with E-state index in [0.29, 0.717) is 22.9 Å². The van der Waals surface area contributed by atoms with E-state index in [0.717, 1.165) is 0 Å². The molecule has 1 aromatic carbocycles. The van der Waals surface area contributed by atoms with Crippen molar-refractivity contribution in [2.24, 2.45) is 0 Å². The van der Waals surface area contributed by atoms with Crippen molar-refractivity contribution in [3.63, 3.8) is 0 Å². The molecule has 1 rings (SSSR count). The molecule has 90 valence electrons. The van der Waals surface area contributed by atoms with Crippen molar-refractivity contribution >= 4 is 17.5 Å². The van der Waals surface area contributed by atoms with E-state index in [2.05, 4.69) is 5.32 Å². The summed E-state index contributed by atoms with van der Waals surface area (Å²) >= 11 is 5.85. The van der Waals surface area contributed by atoms with Gasteiger partial charge in [-0.1, -0.05) is 11.6 Å². The molecule has 0 radical (unpaired) electrons. The summed E-state index contributed by atoms with van der Waals surface area (Å²) in [4.78, 5) is 11.4. The Bertz CT molecular complexity index is 454. The van der Waals surface area contributed by atoms with Gasteiger partial charge in [-0.3, -0.25) is 4.79 Å². The van der Waals surface area contributed by atoms with E-state index < -0.39 is 6.10 Å². The summed E-state index contributed by atoms with van der Waals surface area (Å²) < 4.78 is 5.40. The molecular formula is C12H13ClN2O2. The van der Waals surface area contributed by atoms with Crippen molar-refractivity contribution in [1.82, 2.24) is 5.32 Å². The highest BCUT2D eigenvalue weighted by atomic mass is 35.5. The van der Waals surface area contributed by atoms with Crippen LogP contribution in [0.25, 0.3) is 0 Å². The molecule has 1 atom stereocenters. The van der Waals surface area contributed by atoms with E-state index in [-0.39, 0.29) is 5.91 Å². The maximum atomic E-state index is 11.4. The minimum atomic E-state index is -0.598. The molecule has 0 bridgehead atoms. The highest BCUT2D eigenvalue weighted by Crippen LogP contribution is 2.22. The summed E-state index contributed by atoms with van der Waals surface area (Å²) in [6, 6.07) is 6.64. The number of halogens is 1. The third-order valence-corrected chi connectivity index (χ3v) is 2.41. The first kappa shape index (κ1) is 13.3. The number of carbonyl (C=O) groups is 1. The molecule has 1 N–H and O–H groups in total. The minimum Gasteiger partial charge on any atom is -0.481 e. The summed E-state index contributed by atoms with van der Waals surface area (Å²) in [7, 11) is 0. The van der Waals surface area contributed by atoms with Crippen LogP contribution in [-0.4, -0.2) is 18.6 Å². The Balaban J connectivity index is 2.73. The first-order valence-corrected chi connectivity index (χ1v) is 5.60. The van der Waals surface area contributed by atoms with E-state index >= 15 is 0 Å². The molecule has 0 aliphatic carbocycles. The lowest BCUT2D eigenvalue weighted by Gasteiger charge is -2.14. The number of hydrogen-bond acceptors (Lipinski definition) is 3. The third-order valence-electron chi connectivity index (χ3n) is 2.09. The molecule has 1 amide bonds. The molecule has 17 heavy (non-hydrogen) atoms. The molecule has 0 aromatic heterocycles. The molecule has 0 fully saturated rings. The van der Waals surface area contributed by atoms with Crippen LogP contribution in [0.5, 0.6) is 5.75 Å². The normalized spacial score (nSPS) is 11.4. The van der Waals surface area contributed by atoms with Crippen molar-refractivity contribution < 1.29 is 9.53 Å². The van der Waals surface area contributed by atoms with Crippen LogP contribution in [0.1, 0.15) is 19.4 Å². The van der Waals surface area contributed by atoms with Gasteiger partial charge in [-0.05, 0) is 26.0 Å². The average Bonchev–Trinajstić information content (AvgIpc) is 2.29. The van der Waals surface area contributed by atoms with E-state index in [1.54, 1.807) is 19.1 Å². The average molecular weight is 253 g/mol. The Kier molecular flexibility index (Phi) is 4.80. The fourth-order valence-electron chi connectivity index (χ4n) is 1.24. The summed E-state index contributed by atoms with van der Waals surface area (Å²) in [5.74, 6) is 0.278. The van der Waals surface area contributed by atoms with E-state index in [1.807, 2.05) is 13.0 Å². The second kappa shape index (κ2) is 6.12. The number of ether oxygens (including phenoxy) is 1.